The van der Waals surface area contributed by atoms with Gasteiger partial charge in [0.25, 0.3) is 0 Å². The minimum atomic E-state index is 0.0754. The number of nitrogens with zero attached hydrogens (tertiary/aromatic N) is 4. The Hall–Kier alpha value is -2.60. The van der Waals surface area contributed by atoms with Gasteiger partial charge in [0.05, 0.1) is 5.75 Å². The van der Waals surface area contributed by atoms with Crippen LogP contribution < -0.4 is 0 Å². The summed E-state index contributed by atoms with van der Waals surface area (Å²) in [7, 11) is 3.77. The average Bonchev–Trinajstić information content (AvgIpc) is 3.01. The molecule has 134 valence electrons. The van der Waals surface area contributed by atoms with Gasteiger partial charge in [0.1, 0.15) is 5.82 Å². The fourth-order valence-corrected chi connectivity index (χ4v) is 3.46. The normalized spacial score (nSPS) is 10.7. The Kier molecular flexibility index (Phi) is 6.07. The fraction of sp³-hybridized carbons (Fsp3) is 0.250. The molecule has 6 heteroatoms. The largest absolute Gasteiger partial charge is 0.341 e. The number of rotatable bonds is 7. The van der Waals surface area contributed by atoms with Gasteiger partial charge in [0, 0.05) is 27.1 Å². The maximum Gasteiger partial charge on any atom is 0.233 e. The van der Waals surface area contributed by atoms with Crippen molar-refractivity contribution < 1.29 is 4.79 Å². The Balaban J connectivity index is 1.55. The number of carbonyl (C=O) groups is 1. The van der Waals surface area contributed by atoms with E-state index < -0.39 is 0 Å². The molecular weight excluding hydrogens is 344 g/mol. The Morgan fingerprint density at radius 3 is 2.27 bits per heavy atom. The van der Waals surface area contributed by atoms with E-state index in [2.05, 4.69) is 22.3 Å². The zero-order valence-corrected chi connectivity index (χ0v) is 15.8. The molecule has 1 aromatic heterocycles. The monoisotopic (exact) mass is 366 g/mol. The molecule has 1 amide bonds. The maximum atomic E-state index is 12.4. The molecule has 3 aromatic rings. The van der Waals surface area contributed by atoms with E-state index in [1.807, 2.05) is 67.2 Å². The summed E-state index contributed by atoms with van der Waals surface area (Å²) in [5.41, 5.74) is 2.32. The zero-order valence-electron chi connectivity index (χ0n) is 15.0. The molecular formula is C20H22N4OS. The molecule has 0 fully saturated rings. The van der Waals surface area contributed by atoms with Gasteiger partial charge in [-0.3, -0.25) is 4.79 Å². The van der Waals surface area contributed by atoms with Crippen molar-refractivity contribution in [2.75, 3.05) is 12.8 Å². The second-order valence-electron chi connectivity index (χ2n) is 6.14. The van der Waals surface area contributed by atoms with Crippen molar-refractivity contribution in [3.8, 4) is 0 Å². The Morgan fingerprint density at radius 1 is 1.00 bits per heavy atom. The highest BCUT2D eigenvalue weighted by atomic mass is 32.2. The Morgan fingerprint density at radius 2 is 1.62 bits per heavy atom. The zero-order chi connectivity index (χ0) is 18.4. The van der Waals surface area contributed by atoms with Gasteiger partial charge in [-0.05, 0) is 11.1 Å². The molecule has 0 saturated heterocycles. The van der Waals surface area contributed by atoms with Gasteiger partial charge < -0.3 is 9.47 Å². The van der Waals surface area contributed by atoms with Crippen molar-refractivity contribution in [1.82, 2.24) is 19.7 Å². The summed E-state index contributed by atoms with van der Waals surface area (Å²) in [5, 5.41) is 9.26. The summed E-state index contributed by atoms with van der Waals surface area (Å²) < 4.78 is 1.96. The first-order valence-electron chi connectivity index (χ1n) is 8.46. The minimum absolute atomic E-state index is 0.0754. The van der Waals surface area contributed by atoms with E-state index >= 15 is 0 Å². The van der Waals surface area contributed by atoms with Gasteiger partial charge in [0.15, 0.2) is 5.16 Å². The molecule has 0 aliphatic carbocycles. The second kappa shape index (κ2) is 8.67. The smallest absolute Gasteiger partial charge is 0.233 e. The van der Waals surface area contributed by atoms with Gasteiger partial charge in [0.2, 0.25) is 5.91 Å². The number of amides is 1. The highest BCUT2D eigenvalue weighted by molar-refractivity contribution is 7.99. The van der Waals surface area contributed by atoms with Gasteiger partial charge in [-0.25, -0.2) is 0 Å². The van der Waals surface area contributed by atoms with E-state index in [-0.39, 0.29) is 5.91 Å². The summed E-state index contributed by atoms with van der Waals surface area (Å²) in [6.45, 7) is 0.609. The molecule has 5 nitrogen and oxygen atoms in total. The van der Waals surface area contributed by atoms with Crippen LogP contribution in [0.4, 0.5) is 0 Å². The average molecular weight is 366 g/mol. The number of thioether (sulfide) groups is 1. The molecule has 1 heterocycles. The lowest BCUT2D eigenvalue weighted by molar-refractivity contribution is -0.127. The van der Waals surface area contributed by atoms with Crippen molar-refractivity contribution in [3.63, 3.8) is 0 Å². The lowest BCUT2D eigenvalue weighted by atomic mass is 10.1. The van der Waals surface area contributed by atoms with Gasteiger partial charge >= 0.3 is 0 Å². The summed E-state index contributed by atoms with van der Waals surface area (Å²) in [5.74, 6) is 1.32. The summed E-state index contributed by atoms with van der Waals surface area (Å²) >= 11 is 1.42. The van der Waals surface area contributed by atoms with Crippen molar-refractivity contribution in [2.45, 2.75) is 18.1 Å². The van der Waals surface area contributed by atoms with Crippen LogP contribution in [-0.2, 0) is 24.8 Å². The van der Waals surface area contributed by atoms with Gasteiger partial charge in [-0.2, -0.15) is 0 Å². The summed E-state index contributed by atoms with van der Waals surface area (Å²) in [6.07, 6.45) is 0.729. The second-order valence-corrected chi connectivity index (χ2v) is 7.09. The van der Waals surface area contributed by atoms with Gasteiger partial charge in [-0.1, -0.05) is 72.4 Å². The molecule has 0 saturated carbocycles. The first-order valence-corrected chi connectivity index (χ1v) is 9.45. The highest BCUT2D eigenvalue weighted by Gasteiger charge is 2.14. The molecule has 0 spiro atoms. The van der Waals surface area contributed by atoms with Gasteiger partial charge in [-0.15, -0.1) is 10.2 Å². The molecule has 0 N–H and O–H groups in total. The Labute approximate surface area is 158 Å². The molecule has 0 aliphatic rings. The van der Waals surface area contributed by atoms with Crippen LogP contribution in [-0.4, -0.2) is 38.4 Å². The van der Waals surface area contributed by atoms with Crippen LogP contribution in [0.2, 0.25) is 0 Å². The molecule has 2 aromatic carbocycles. The first-order chi connectivity index (χ1) is 12.6. The van der Waals surface area contributed by atoms with Crippen LogP contribution in [0, 0.1) is 0 Å². The van der Waals surface area contributed by atoms with Crippen molar-refractivity contribution in [3.05, 3.63) is 77.6 Å². The predicted molar refractivity (Wildman–Crippen MR) is 104 cm³/mol. The van der Waals surface area contributed by atoms with E-state index in [0.717, 1.165) is 23.0 Å². The number of carbonyl (C=O) groups excluding carboxylic acids is 1. The molecule has 0 aliphatic heterocycles. The summed E-state index contributed by atoms with van der Waals surface area (Å²) in [6, 6.07) is 20.2. The number of hydrogen-bond donors (Lipinski definition) is 0. The quantitative estimate of drug-likeness (QED) is 0.603. The Bertz CT molecular complexity index is 849. The van der Waals surface area contributed by atoms with Crippen molar-refractivity contribution in [2.24, 2.45) is 7.05 Å². The fourth-order valence-electron chi connectivity index (χ4n) is 2.59. The van der Waals surface area contributed by atoms with Crippen LogP contribution in [0.1, 0.15) is 17.0 Å². The number of hydrogen-bond acceptors (Lipinski definition) is 4. The lowest BCUT2D eigenvalue weighted by Crippen LogP contribution is -2.27. The number of aromatic nitrogens is 3. The van der Waals surface area contributed by atoms with Crippen LogP contribution in [0.15, 0.2) is 65.8 Å². The molecule has 0 unspecified atom stereocenters. The summed E-state index contributed by atoms with van der Waals surface area (Å²) in [4.78, 5) is 14.1. The van der Waals surface area contributed by atoms with E-state index in [1.165, 1.54) is 17.3 Å². The first kappa shape index (κ1) is 18.2. The van der Waals surface area contributed by atoms with Crippen molar-refractivity contribution >= 4 is 17.7 Å². The SMILES string of the molecule is CN(Cc1ccccc1)C(=O)CSc1nnc(Cc2ccccc2)n1C. The van der Waals surface area contributed by atoms with Crippen LogP contribution in [0.5, 0.6) is 0 Å². The molecule has 3 rings (SSSR count). The van der Waals surface area contributed by atoms with E-state index in [0.29, 0.717) is 12.3 Å². The minimum Gasteiger partial charge on any atom is -0.341 e. The molecule has 26 heavy (non-hydrogen) atoms. The molecule has 0 atom stereocenters. The predicted octanol–water partition coefficient (Wildman–Crippen LogP) is 3.16. The third-order valence-corrected chi connectivity index (χ3v) is 5.15. The maximum absolute atomic E-state index is 12.4. The highest BCUT2D eigenvalue weighted by Crippen LogP contribution is 2.18. The topological polar surface area (TPSA) is 51.0 Å². The third-order valence-electron chi connectivity index (χ3n) is 4.14. The van der Waals surface area contributed by atoms with Crippen LogP contribution in [0.25, 0.3) is 0 Å². The van der Waals surface area contributed by atoms with Crippen molar-refractivity contribution in [1.29, 1.82) is 0 Å². The van der Waals surface area contributed by atoms with E-state index in [9.17, 15) is 4.79 Å². The van der Waals surface area contributed by atoms with Crippen LogP contribution >= 0.6 is 11.8 Å². The molecule has 0 bridgehead atoms. The number of benzene rings is 2. The standard InChI is InChI=1S/C20H22N4OS/c1-23(14-17-11-7-4-8-12-17)19(25)15-26-20-22-21-18(24(20)2)13-16-9-5-3-6-10-16/h3-12H,13-15H2,1-2H3. The van der Waals surface area contributed by atoms with E-state index in [1.54, 1.807) is 4.90 Å². The van der Waals surface area contributed by atoms with E-state index in [4.69, 9.17) is 0 Å². The molecule has 0 radical (unpaired) electrons. The lowest BCUT2D eigenvalue weighted by Gasteiger charge is -2.16. The third kappa shape index (κ3) is 4.73. The van der Waals surface area contributed by atoms with Crippen LogP contribution in [0.3, 0.4) is 0 Å².